The molecule has 0 spiro atoms. The Balaban J connectivity index is 1.71. The van der Waals surface area contributed by atoms with Crippen molar-refractivity contribution in [2.24, 2.45) is 0 Å². The van der Waals surface area contributed by atoms with Gasteiger partial charge in [0.15, 0.2) is 5.82 Å². The minimum absolute atomic E-state index is 0.0831. The molecule has 3 rings (SSSR count). The number of hydrogen-bond donors (Lipinski definition) is 2. The largest absolute Gasteiger partial charge is 0.496 e. The van der Waals surface area contributed by atoms with Gasteiger partial charge in [0.1, 0.15) is 11.5 Å². The van der Waals surface area contributed by atoms with E-state index in [9.17, 15) is 4.79 Å². The van der Waals surface area contributed by atoms with Crippen LogP contribution in [0.25, 0.3) is 0 Å². The van der Waals surface area contributed by atoms with Crippen molar-refractivity contribution in [3.05, 3.63) is 41.7 Å². The molecule has 1 aliphatic heterocycles. The standard InChI is InChI=1S/C17H22N4O3/c1-12-9-16(20-24-12)19-17(22)11-21-8-7-18-10-14(21)13-5-3-4-6-15(13)23-2/h3-6,9,14,18H,7-8,10-11H2,1-2H3,(H,19,20,22). The van der Waals surface area contributed by atoms with Crippen LogP contribution in [-0.2, 0) is 4.79 Å². The molecule has 1 aromatic carbocycles. The quantitative estimate of drug-likeness (QED) is 0.866. The Labute approximate surface area is 141 Å². The van der Waals surface area contributed by atoms with Crippen molar-refractivity contribution in [2.75, 3.05) is 38.6 Å². The van der Waals surface area contributed by atoms with Crippen molar-refractivity contribution in [3.8, 4) is 5.75 Å². The summed E-state index contributed by atoms with van der Waals surface area (Å²) in [6.07, 6.45) is 0. The zero-order valence-electron chi connectivity index (χ0n) is 13.9. The molecule has 1 saturated heterocycles. The molecule has 2 N–H and O–H groups in total. The number of piperazine rings is 1. The summed E-state index contributed by atoms with van der Waals surface area (Å²) in [6.45, 7) is 4.49. The molecule has 1 fully saturated rings. The van der Waals surface area contributed by atoms with Gasteiger partial charge in [-0.15, -0.1) is 0 Å². The molecule has 1 unspecified atom stereocenters. The van der Waals surface area contributed by atoms with E-state index in [1.54, 1.807) is 20.1 Å². The number of amides is 1. The molecule has 2 heterocycles. The predicted octanol–water partition coefficient (Wildman–Crippen LogP) is 1.58. The molecule has 0 bridgehead atoms. The third-order valence-corrected chi connectivity index (χ3v) is 4.09. The number of hydrogen-bond acceptors (Lipinski definition) is 6. The number of aromatic nitrogens is 1. The van der Waals surface area contributed by atoms with Gasteiger partial charge >= 0.3 is 0 Å². The van der Waals surface area contributed by atoms with Crippen molar-refractivity contribution >= 4 is 11.7 Å². The lowest BCUT2D eigenvalue weighted by atomic mass is 10.0. The molecule has 7 nitrogen and oxygen atoms in total. The molecule has 2 aromatic rings. The third kappa shape index (κ3) is 3.74. The number of anilines is 1. The van der Waals surface area contributed by atoms with Crippen LogP contribution in [0.4, 0.5) is 5.82 Å². The van der Waals surface area contributed by atoms with Crippen LogP contribution in [0.2, 0.25) is 0 Å². The van der Waals surface area contributed by atoms with Gasteiger partial charge in [0.25, 0.3) is 0 Å². The molecule has 0 aliphatic carbocycles. The number of aryl methyl sites for hydroxylation is 1. The van der Waals surface area contributed by atoms with Crippen LogP contribution >= 0.6 is 0 Å². The zero-order valence-corrected chi connectivity index (χ0v) is 13.9. The second kappa shape index (κ2) is 7.46. The number of rotatable bonds is 5. The minimum Gasteiger partial charge on any atom is -0.496 e. The average molecular weight is 330 g/mol. The molecule has 0 radical (unpaired) electrons. The summed E-state index contributed by atoms with van der Waals surface area (Å²) in [7, 11) is 1.67. The predicted molar refractivity (Wildman–Crippen MR) is 90.0 cm³/mol. The van der Waals surface area contributed by atoms with Crippen LogP contribution in [0.1, 0.15) is 17.4 Å². The molecule has 1 amide bonds. The van der Waals surface area contributed by atoms with E-state index in [1.165, 1.54) is 0 Å². The van der Waals surface area contributed by atoms with Crippen molar-refractivity contribution < 1.29 is 14.1 Å². The number of benzene rings is 1. The van der Waals surface area contributed by atoms with E-state index >= 15 is 0 Å². The molecular formula is C17H22N4O3. The van der Waals surface area contributed by atoms with E-state index in [1.807, 2.05) is 24.3 Å². The Kier molecular flexibility index (Phi) is 5.12. The Morgan fingerprint density at radius 3 is 3.08 bits per heavy atom. The molecule has 7 heteroatoms. The van der Waals surface area contributed by atoms with E-state index in [0.29, 0.717) is 11.6 Å². The molecular weight excluding hydrogens is 308 g/mol. The summed E-state index contributed by atoms with van der Waals surface area (Å²) in [5.74, 6) is 1.84. The summed E-state index contributed by atoms with van der Waals surface area (Å²) in [5.41, 5.74) is 1.08. The van der Waals surface area contributed by atoms with Crippen LogP contribution in [0.5, 0.6) is 5.75 Å². The SMILES string of the molecule is COc1ccccc1C1CNCCN1CC(=O)Nc1cc(C)on1. The zero-order chi connectivity index (χ0) is 16.9. The summed E-state index contributed by atoms with van der Waals surface area (Å²) >= 11 is 0. The van der Waals surface area contributed by atoms with Gasteiger partial charge in [-0.1, -0.05) is 23.4 Å². The number of para-hydroxylation sites is 1. The lowest BCUT2D eigenvalue weighted by Crippen LogP contribution is -2.48. The maximum Gasteiger partial charge on any atom is 0.239 e. The summed E-state index contributed by atoms with van der Waals surface area (Å²) < 4.78 is 10.4. The second-order valence-corrected chi connectivity index (χ2v) is 5.80. The van der Waals surface area contributed by atoms with Gasteiger partial charge < -0.3 is 19.9 Å². The van der Waals surface area contributed by atoms with Crippen molar-refractivity contribution in [2.45, 2.75) is 13.0 Å². The van der Waals surface area contributed by atoms with Gasteiger partial charge in [0, 0.05) is 31.3 Å². The van der Waals surface area contributed by atoms with Crippen LogP contribution in [-0.4, -0.2) is 49.3 Å². The number of nitrogens with one attached hydrogen (secondary N) is 2. The molecule has 1 aliphatic rings. The Morgan fingerprint density at radius 1 is 1.50 bits per heavy atom. The second-order valence-electron chi connectivity index (χ2n) is 5.80. The smallest absolute Gasteiger partial charge is 0.239 e. The topological polar surface area (TPSA) is 79.6 Å². The van der Waals surface area contributed by atoms with E-state index in [-0.39, 0.29) is 18.5 Å². The fourth-order valence-corrected chi connectivity index (χ4v) is 2.98. The normalized spacial score (nSPS) is 18.3. The lowest BCUT2D eigenvalue weighted by Gasteiger charge is -2.36. The van der Waals surface area contributed by atoms with Crippen molar-refractivity contribution in [1.29, 1.82) is 0 Å². The Morgan fingerprint density at radius 2 is 2.33 bits per heavy atom. The molecule has 1 atom stereocenters. The number of nitrogens with zero attached hydrogens (tertiary/aromatic N) is 2. The summed E-state index contributed by atoms with van der Waals surface area (Å²) in [4.78, 5) is 14.5. The molecule has 24 heavy (non-hydrogen) atoms. The van der Waals surface area contributed by atoms with Gasteiger partial charge in [-0.2, -0.15) is 0 Å². The summed E-state index contributed by atoms with van der Waals surface area (Å²) in [6, 6.07) is 9.71. The van der Waals surface area contributed by atoms with Crippen LogP contribution in [0, 0.1) is 6.92 Å². The fourth-order valence-electron chi connectivity index (χ4n) is 2.98. The highest BCUT2D eigenvalue weighted by molar-refractivity contribution is 5.91. The van der Waals surface area contributed by atoms with Crippen LogP contribution in [0.15, 0.2) is 34.9 Å². The van der Waals surface area contributed by atoms with Gasteiger partial charge in [0.05, 0.1) is 19.7 Å². The van der Waals surface area contributed by atoms with E-state index in [2.05, 4.69) is 20.7 Å². The number of methoxy groups -OCH3 is 1. The minimum atomic E-state index is -0.106. The van der Waals surface area contributed by atoms with E-state index < -0.39 is 0 Å². The number of carbonyl (C=O) groups excluding carboxylic acids is 1. The maximum absolute atomic E-state index is 12.3. The molecule has 1 aromatic heterocycles. The first-order valence-corrected chi connectivity index (χ1v) is 7.98. The Hall–Kier alpha value is -2.38. The van der Waals surface area contributed by atoms with Crippen molar-refractivity contribution in [3.63, 3.8) is 0 Å². The van der Waals surface area contributed by atoms with E-state index in [4.69, 9.17) is 9.26 Å². The first-order valence-electron chi connectivity index (χ1n) is 7.98. The monoisotopic (exact) mass is 330 g/mol. The average Bonchev–Trinajstić information content (AvgIpc) is 3.00. The highest BCUT2D eigenvalue weighted by Crippen LogP contribution is 2.29. The molecule has 128 valence electrons. The first kappa shape index (κ1) is 16.5. The first-order chi connectivity index (χ1) is 11.7. The van der Waals surface area contributed by atoms with Crippen LogP contribution < -0.4 is 15.4 Å². The maximum atomic E-state index is 12.3. The highest BCUT2D eigenvalue weighted by Gasteiger charge is 2.27. The third-order valence-electron chi connectivity index (χ3n) is 4.09. The lowest BCUT2D eigenvalue weighted by molar-refractivity contribution is -0.118. The Bertz CT molecular complexity index is 701. The molecule has 0 saturated carbocycles. The highest BCUT2D eigenvalue weighted by atomic mass is 16.5. The van der Waals surface area contributed by atoms with E-state index in [0.717, 1.165) is 30.9 Å². The van der Waals surface area contributed by atoms with Crippen molar-refractivity contribution in [1.82, 2.24) is 15.4 Å². The van der Waals surface area contributed by atoms with Gasteiger partial charge in [-0.3, -0.25) is 9.69 Å². The summed E-state index contributed by atoms with van der Waals surface area (Å²) in [5, 5.41) is 9.95. The number of ether oxygens (including phenoxy) is 1. The van der Waals surface area contributed by atoms with Gasteiger partial charge in [-0.25, -0.2) is 0 Å². The van der Waals surface area contributed by atoms with Crippen LogP contribution in [0.3, 0.4) is 0 Å². The van der Waals surface area contributed by atoms with Gasteiger partial charge in [-0.05, 0) is 13.0 Å². The van der Waals surface area contributed by atoms with Gasteiger partial charge in [0.2, 0.25) is 5.91 Å². The number of carbonyl (C=O) groups is 1. The fraction of sp³-hybridized carbons (Fsp3) is 0.412.